The second kappa shape index (κ2) is 9.09. The van der Waals surface area contributed by atoms with Crippen molar-refractivity contribution >= 4 is 17.6 Å². The summed E-state index contributed by atoms with van der Waals surface area (Å²) < 4.78 is 13.5. The van der Waals surface area contributed by atoms with Crippen molar-refractivity contribution in [3.8, 4) is 17.0 Å². The van der Waals surface area contributed by atoms with Crippen LogP contribution in [0.25, 0.3) is 16.8 Å². The quantitative estimate of drug-likeness (QED) is 0.614. The molecule has 0 bridgehead atoms. The fourth-order valence-electron chi connectivity index (χ4n) is 4.41. The summed E-state index contributed by atoms with van der Waals surface area (Å²) in [6.07, 6.45) is 6.05. The van der Waals surface area contributed by atoms with E-state index in [0.717, 1.165) is 35.6 Å². The Balaban J connectivity index is 1.32. The van der Waals surface area contributed by atoms with Gasteiger partial charge in [0, 0.05) is 57.1 Å². The molecule has 1 N–H and O–H groups in total. The van der Waals surface area contributed by atoms with Gasteiger partial charge in [0.1, 0.15) is 11.4 Å². The van der Waals surface area contributed by atoms with Gasteiger partial charge in [-0.3, -0.25) is 0 Å². The van der Waals surface area contributed by atoms with Gasteiger partial charge in [-0.25, -0.2) is 19.3 Å². The summed E-state index contributed by atoms with van der Waals surface area (Å²) in [5.41, 5.74) is 2.05. The molecule has 1 atom stereocenters. The number of rotatable bonds is 5. The first-order valence-electron chi connectivity index (χ1n) is 11.8. The highest BCUT2D eigenvalue weighted by molar-refractivity contribution is 5.80. The minimum absolute atomic E-state index is 0.00881. The molecular weight excluding hydrogens is 434 g/mol. The Labute approximate surface area is 198 Å². The van der Waals surface area contributed by atoms with Crippen molar-refractivity contribution in [2.24, 2.45) is 0 Å². The topological polar surface area (TPSA) is 97.1 Å². The van der Waals surface area contributed by atoms with Crippen molar-refractivity contribution in [3.63, 3.8) is 0 Å². The number of carbonyl (C=O) groups is 1. The van der Waals surface area contributed by atoms with E-state index >= 15 is 0 Å². The SMILES string of the molecule is CC(C)Oc1ncccc1-c1cnn2ccc(N3CCN(C(=O)OC4(C)CCNC4)CC3)nc12. The third-order valence-electron chi connectivity index (χ3n) is 6.29. The average molecular weight is 466 g/mol. The highest BCUT2D eigenvalue weighted by Crippen LogP contribution is 2.32. The van der Waals surface area contributed by atoms with Crippen molar-refractivity contribution in [2.75, 3.05) is 44.2 Å². The molecular formula is C24H31N7O3. The fraction of sp³-hybridized carbons (Fsp3) is 0.500. The van der Waals surface area contributed by atoms with E-state index in [1.807, 2.05) is 45.2 Å². The summed E-state index contributed by atoms with van der Waals surface area (Å²) in [6, 6.07) is 5.81. The number of piperazine rings is 1. The third kappa shape index (κ3) is 4.50. The molecule has 2 aliphatic heterocycles. The van der Waals surface area contributed by atoms with E-state index in [1.54, 1.807) is 21.8 Å². The molecule has 3 aromatic rings. The zero-order chi connectivity index (χ0) is 23.7. The molecule has 1 unspecified atom stereocenters. The van der Waals surface area contributed by atoms with Crippen molar-refractivity contribution in [3.05, 3.63) is 36.8 Å². The van der Waals surface area contributed by atoms with Crippen LogP contribution in [0.5, 0.6) is 5.88 Å². The van der Waals surface area contributed by atoms with Gasteiger partial charge in [-0.15, -0.1) is 0 Å². The lowest BCUT2D eigenvalue weighted by Gasteiger charge is -2.36. The smallest absolute Gasteiger partial charge is 0.410 e. The summed E-state index contributed by atoms with van der Waals surface area (Å²) in [7, 11) is 0. The first-order valence-corrected chi connectivity index (χ1v) is 11.8. The maximum Gasteiger partial charge on any atom is 0.410 e. The Morgan fingerprint density at radius 3 is 2.74 bits per heavy atom. The van der Waals surface area contributed by atoms with Crippen LogP contribution >= 0.6 is 0 Å². The van der Waals surface area contributed by atoms with Crippen LogP contribution in [-0.2, 0) is 4.74 Å². The summed E-state index contributed by atoms with van der Waals surface area (Å²) in [5.74, 6) is 1.42. The second-order valence-electron chi connectivity index (χ2n) is 9.35. The van der Waals surface area contributed by atoms with Gasteiger partial charge >= 0.3 is 6.09 Å². The van der Waals surface area contributed by atoms with Crippen LogP contribution in [0.15, 0.2) is 36.8 Å². The van der Waals surface area contributed by atoms with Gasteiger partial charge in [-0.2, -0.15) is 5.10 Å². The Kier molecular flexibility index (Phi) is 5.99. The second-order valence-corrected chi connectivity index (χ2v) is 9.35. The Morgan fingerprint density at radius 2 is 2.00 bits per heavy atom. The molecule has 0 spiro atoms. The number of hydrogen-bond donors (Lipinski definition) is 1. The molecule has 3 aromatic heterocycles. The molecule has 5 rings (SSSR count). The van der Waals surface area contributed by atoms with Gasteiger partial charge in [0.15, 0.2) is 5.65 Å². The van der Waals surface area contributed by atoms with Crippen molar-refractivity contribution < 1.29 is 14.3 Å². The number of anilines is 1. The molecule has 5 heterocycles. The van der Waals surface area contributed by atoms with Gasteiger partial charge < -0.3 is 24.6 Å². The van der Waals surface area contributed by atoms with Gasteiger partial charge in [0.25, 0.3) is 0 Å². The molecule has 2 saturated heterocycles. The van der Waals surface area contributed by atoms with Gasteiger partial charge in [0.05, 0.1) is 17.9 Å². The predicted octanol–water partition coefficient (Wildman–Crippen LogP) is 2.59. The lowest BCUT2D eigenvalue weighted by atomic mass is 10.1. The zero-order valence-electron chi connectivity index (χ0n) is 19.9. The maximum absolute atomic E-state index is 12.7. The molecule has 0 saturated carbocycles. The average Bonchev–Trinajstić information content (AvgIpc) is 3.45. The Morgan fingerprint density at radius 1 is 1.18 bits per heavy atom. The molecule has 10 nitrogen and oxygen atoms in total. The molecule has 0 aliphatic carbocycles. The number of aromatic nitrogens is 4. The number of ether oxygens (including phenoxy) is 2. The van der Waals surface area contributed by atoms with Crippen LogP contribution in [0, 0.1) is 0 Å². The number of nitrogens with zero attached hydrogens (tertiary/aromatic N) is 6. The van der Waals surface area contributed by atoms with Gasteiger partial charge in [-0.05, 0) is 45.5 Å². The van der Waals surface area contributed by atoms with E-state index in [1.165, 1.54) is 0 Å². The fourth-order valence-corrected chi connectivity index (χ4v) is 4.41. The van der Waals surface area contributed by atoms with E-state index in [-0.39, 0.29) is 12.2 Å². The summed E-state index contributed by atoms with van der Waals surface area (Å²) in [5, 5.41) is 7.73. The molecule has 34 heavy (non-hydrogen) atoms. The zero-order valence-corrected chi connectivity index (χ0v) is 19.9. The van der Waals surface area contributed by atoms with E-state index in [4.69, 9.17) is 14.5 Å². The summed E-state index contributed by atoms with van der Waals surface area (Å²) in [4.78, 5) is 26.0. The van der Waals surface area contributed by atoms with E-state index < -0.39 is 5.60 Å². The van der Waals surface area contributed by atoms with E-state index in [9.17, 15) is 4.79 Å². The van der Waals surface area contributed by atoms with Gasteiger partial charge in [-0.1, -0.05) is 0 Å². The first-order chi connectivity index (χ1) is 16.4. The van der Waals surface area contributed by atoms with Crippen molar-refractivity contribution in [1.82, 2.24) is 29.8 Å². The van der Waals surface area contributed by atoms with Crippen molar-refractivity contribution in [2.45, 2.75) is 38.9 Å². The molecule has 1 amide bonds. The van der Waals surface area contributed by atoms with E-state index in [0.29, 0.717) is 38.6 Å². The minimum Gasteiger partial charge on any atom is -0.475 e. The molecule has 180 valence electrons. The predicted molar refractivity (Wildman–Crippen MR) is 128 cm³/mol. The van der Waals surface area contributed by atoms with E-state index in [2.05, 4.69) is 20.3 Å². The van der Waals surface area contributed by atoms with Crippen LogP contribution in [0.3, 0.4) is 0 Å². The Bertz CT molecular complexity index is 1160. The van der Waals surface area contributed by atoms with Crippen LogP contribution < -0.4 is 15.0 Å². The first kappa shape index (κ1) is 22.4. The number of hydrogen-bond acceptors (Lipinski definition) is 8. The van der Waals surface area contributed by atoms with Crippen LogP contribution in [0.2, 0.25) is 0 Å². The van der Waals surface area contributed by atoms with Crippen LogP contribution in [0.1, 0.15) is 27.2 Å². The number of carbonyl (C=O) groups excluding carboxylic acids is 1. The summed E-state index contributed by atoms with van der Waals surface area (Å²) >= 11 is 0. The molecule has 2 aliphatic rings. The molecule has 2 fully saturated rings. The maximum atomic E-state index is 12.7. The Hall–Kier alpha value is -3.40. The standard InChI is InChI=1S/C24H31N7O3/c1-17(2)33-22-18(5-4-8-26-22)19-15-27-31-10-6-20(28-21(19)31)29-11-13-30(14-12-29)23(32)34-24(3)7-9-25-16-24/h4-6,8,10,15,17,25H,7,9,11-14,16H2,1-3H3. The highest BCUT2D eigenvalue weighted by atomic mass is 16.6. The monoisotopic (exact) mass is 465 g/mol. The minimum atomic E-state index is -0.413. The number of fused-ring (bicyclic) bond motifs is 1. The third-order valence-corrected chi connectivity index (χ3v) is 6.29. The van der Waals surface area contributed by atoms with Crippen LogP contribution in [-0.4, -0.2) is 81.5 Å². The lowest BCUT2D eigenvalue weighted by molar-refractivity contribution is 0.0136. The normalized spacial score (nSPS) is 20.8. The lowest BCUT2D eigenvalue weighted by Crippen LogP contribution is -2.51. The summed E-state index contributed by atoms with van der Waals surface area (Å²) in [6.45, 7) is 10.1. The number of amides is 1. The number of pyridine rings is 1. The number of nitrogens with one attached hydrogen (secondary N) is 1. The van der Waals surface area contributed by atoms with Gasteiger partial charge in [0.2, 0.25) is 5.88 Å². The molecule has 0 aromatic carbocycles. The largest absolute Gasteiger partial charge is 0.475 e. The highest BCUT2D eigenvalue weighted by Gasteiger charge is 2.35. The van der Waals surface area contributed by atoms with Crippen molar-refractivity contribution in [1.29, 1.82) is 0 Å². The van der Waals surface area contributed by atoms with Crippen LogP contribution in [0.4, 0.5) is 10.6 Å². The molecule has 10 heteroatoms. The molecule has 0 radical (unpaired) electrons.